The predicted molar refractivity (Wildman–Crippen MR) is 126 cm³/mol. The first-order chi connectivity index (χ1) is 16.0. The number of aryl methyl sites for hydroxylation is 2. The molecule has 0 atom stereocenters. The Kier molecular flexibility index (Phi) is 5.44. The van der Waals surface area contributed by atoms with Gasteiger partial charge in [0.15, 0.2) is 0 Å². The summed E-state index contributed by atoms with van der Waals surface area (Å²) in [7, 11) is 1.70. The van der Waals surface area contributed by atoms with Crippen molar-refractivity contribution in [1.82, 2.24) is 19.3 Å². The molecule has 0 unspecified atom stereocenters. The van der Waals surface area contributed by atoms with Crippen LogP contribution in [0.1, 0.15) is 52.7 Å². The number of anilines is 2. The van der Waals surface area contributed by atoms with Crippen molar-refractivity contribution >= 4 is 34.9 Å². The number of nitrogens with zero attached hydrogens (tertiary/aromatic N) is 5. The Morgan fingerprint density at radius 1 is 1.27 bits per heavy atom. The minimum Gasteiger partial charge on any atom is -0.383 e. The Balaban J connectivity index is 1.62. The summed E-state index contributed by atoms with van der Waals surface area (Å²) >= 11 is 0. The highest BCUT2D eigenvalue weighted by Crippen LogP contribution is 2.48. The maximum Gasteiger partial charge on any atom is 0.276 e. The van der Waals surface area contributed by atoms with E-state index < -0.39 is 0 Å². The Morgan fingerprint density at radius 2 is 2.09 bits per heavy atom. The molecule has 9 heteroatoms. The molecular weight excluding hydrogens is 420 g/mol. The van der Waals surface area contributed by atoms with E-state index in [0.29, 0.717) is 35.9 Å². The molecule has 1 N–H and O–H groups in total. The molecule has 0 bridgehead atoms. The lowest BCUT2D eigenvalue weighted by Crippen LogP contribution is -2.44. The Morgan fingerprint density at radius 3 is 2.76 bits per heavy atom. The number of carbonyl (C=O) groups excluding carboxylic acids is 2. The maximum atomic E-state index is 13.2. The van der Waals surface area contributed by atoms with Crippen molar-refractivity contribution in [1.29, 1.82) is 0 Å². The molecule has 0 saturated heterocycles. The van der Waals surface area contributed by atoms with Gasteiger partial charge in [-0.3, -0.25) is 19.6 Å². The summed E-state index contributed by atoms with van der Waals surface area (Å²) in [6.07, 6.45) is 4.30. The third kappa shape index (κ3) is 3.70. The second-order valence-electron chi connectivity index (χ2n) is 9.26. The first-order valence-corrected chi connectivity index (χ1v) is 11.6. The van der Waals surface area contributed by atoms with Gasteiger partial charge in [-0.15, -0.1) is 0 Å². The number of aromatic nitrogens is 4. The summed E-state index contributed by atoms with van der Waals surface area (Å²) in [6.45, 7) is 7.45. The molecule has 1 aromatic carbocycles. The van der Waals surface area contributed by atoms with Crippen molar-refractivity contribution < 1.29 is 14.3 Å². The van der Waals surface area contributed by atoms with E-state index in [1.807, 2.05) is 19.9 Å². The number of benzene rings is 1. The Labute approximate surface area is 192 Å². The van der Waals surface area contributed by atoms with Crippen LogP contribution in [0.2, 0.25) is 0 Å². The van der Waals surface area contributed by atoms with Crippen LogP contribution in [-0.2, 0) is 17.8 Å². The van der Waals surface area contributed by atoms with E-state index in [4.69, 9.17) is 9.72 Å². The number of hydrogen-bond donors (Lipinski definition) is 1. The molecule has 5 rings (SSSR count). The lowest BCUT2D eigenvalue weighted by Gasteiger charge is -2.44. The molecule has 9 nitrogen and oxygen atoms in total. The van der Waals surface area contributed by atoms with Crippen LogP contribution in [0.3, 0.4) is 0 Å². The average molecular weight is 451 g/mol. The highest BCUT2D eigenvalue weighted by atomic mass is 16.5. The molecule has 1 saturated carbocycles. The van der Waals surface area contributed by atoms with Gasteiger partial charge in [0.1, 0.15) is 12.0 Å². The summed E-state index contributed by atoms with van der Waals surface area (Å²) in [4.78, 5) is 32.0. The van der Waals surface area contributed by atoms with Gasteiger partial charge in [-0.25, -0.2) is 4.98 Å². The van der Waals surface area contributed by atoms with Gasteiger partial charge >= 0.3 is 0 Å². The third-order valence-corrected chi connectivity index (χ3v) is 6.98. The minimum atomic E-state index is -0.232. The number of imidazole rings is 1. The number of carbonyl (C=O) groups is 2. The molecule has 1 fully saturated rings. The van der Waals surface area contributed by atoms with Gasteiger partial charge in [-0.1, -0.05) is 6.42 Å². The molecule has 1 amide bonds. The molecule has 1 aliphatic heterocycles. The normalized spacial score (nSPS) is 16.6. The van der Waals surface area contributed by atoms with Crippen molar-refractivity contribution in [3.8, 4) is 0 Å². The number of nitrogens with one attached hydrogen (secondary N) is 1. The van der Waals surface area contributed by atoms with Crippen molar-refractivity contribution in [2.45, 2.75) is 46.2 Å². The average Bonchev–Trinajstić information content (AvgIpc) is 3.28. The van der Waals surface area contributed by atoms with Gasteiger partial charge in [-0.2, -0.15) is 5.10 Å². The number of aldehydes is 1. The molecule has 33 heavy (non-hydrogen) atoms. The van der Waals surface area contributed by atoms with E-state index in [9.17, 15) is 9.59 Å². The SMILES string of the molecule is CCn1nc(C)cc1C(=O)Nc1nc2cc(C=O)cc3c2n1CC1(CCC1)CN3CCOC. The van der Waals surface area contributed by atoms with Gasteiger partial charge in [0.2, 0.25) is 5.95 Å². The lowest BCUT2D eigenvalue weighted by atomic mass is 9.68. The lowest BCUT2D eigenvalue weighted by molar-refractivity contribution is 0.101. The van der Waals surface area contributed by atoms with Crippen LogP contribution >= 0.6 is 0 Å². The first kappa shape index (κ1) is 21.6. The summed E-state index contributed by atoms with van der Waals surface area (Å²) in [6, 6.07) is 5.52. The van der Waals surface area contributed by atoms with E-state index in [2.05, 4.69) is 19.9 Å². The zero-order valence-electron chi connectivity index (χ0n) is 19.4. The minimum absolute atomic E-state index is 0.114. The standard InChI is InChI=1S/C24H30N6O3/c1-4-30-20(10-16(2)27-30)22(32)26-23-25-18-11-17(13-31)12-19-21(18)29(23)15-24(6-5-7-24)14-28(19)8-9-33-3/h10-13H,4-9,14-15H2,1-3H3,(H,25,26,32). The summed E-state index contributed by atoms with van der Waals surface area (Å²) in [5.74, 6) is 0.282. The van der Waals surface area contributed by atoms with Crippen molar-refractivity contribution in [2.24, 2.45) is 5.41 Å². The molecule has 0 radical (unpaired) electrons. The molecule has 2 aliphatic rings. The number of methoxy groups -OCH3 is 1. The zero-order chi connectivity index (χ0) is 23.2. The van der Waals surface area contributed by atoms with Gasteiger partial charge in [0.05, 0.1) is 29.0 Å². The van der Waals surface area contributed by atoms with Gasteiger partial charge in [0.25, 0.3) is 5.91 Å². The fraction of sp³-hybridized carbons (Fsp3) is 0.500. The molecule has 3 heterocycles. The van der Waals surface area contributed by atoms with Crippen LogP contribution in [0.15, 0.2) is 18.2 Å². The second-order valence-corrected chi connectivity index (χ2v) is 9.26. The zero-order valence-corrected chi connectivity index (χ0v) is 19.4. The summed E-state index contributed by atoms with van der Waals surface area (Å²) < 4.78 is 9.22. The van der Waals surface area contributed by atoms with Crippen molar-refractivity contribution in [3.05, 3.63) is 35.2 Å². The largest absolute Gasteiger partial charge is 0.383 e. The fourth-order valence-corrected chi connectivity index (χ4v) is 5.23. The predicted octanol–water partition coefficient (Wildman–Crippen LogP) is 3.26. The van der Waals surface area contributed by atoms with Crippen LogP contribution in [-0.4, -0.2) is 58.3 Å². The van der Waals surface area contributed by atoms with Crippen LogP contribution in [0.4, 0.5) is 11.6 Å². The highest BCUT2D eigenvalue weighted by molar-refractivity contribution is 6.04. The van der Waals surface area contributed by atoms with E-state index in [-0.39, 0.29) is 11.3 Å². The monoisotopic (exact) mass is 450 g/mol. The topological polar surface area (TPSA) is 94.3 Å². The summed E-state index contributed by atoms with van der Waals surface area (Å²) in [5.41, 5.74) is 4.64. The number of ether oxygens (including phenoxy) is 1. The highest BCUT2D eigenvalue weighted by Gasteiger charge is 2.42. The molecular formula is C24H30N6O3. The Bertz CT molecular complexity index is 1220. The Hall–Kier alpha value is -3.20. The van der Waals surface area contributed by atoms with Crippen LogP contribution in [0.5, 0.6) is 0 Å². The first-order valence-electron chi connectivity index (χ1n) is 11.6. The molecule has 2 aromatic heterocycles. The fourth-order valence-electron chi connectivity index (χ4n) is 5.23. The summed E-state index contributed by atoms with van der Waals surface area (Å²) in [5, 5.41) is 7.44. The van der Waals surface area contributed by atoms with E-state index >= 15 is 0 Å². The molecule has 1 aliphatic carbocycles. The van der Waals surface area contributed by atoms with Crippen LogP contribution in [0, 0.1) is 12.3 Å². The van der Waals surface area contributed by atoms with Crippen LogP contribution < -0.4 is 10.2 Å². The van der Waals surface area contributed by atoms with E-state index in [1.54, 1.807) is 23.9 Å². The molecule has 1 spiro atoms. The third-order valence-electron chi connectivity index (χ3n) is 6.98. The number of rotatable bonds is 7. The van der Waals surface area contributed by atoms with E-state index in [0.717, 1.165) is 55.7 Å². The van der Waals surface area contributed by atoms with Crippen molar-refractivity contribution in [3.63, 3.8) is 0 Å². The molecule has 174 valence electrons. The van der Waals surface area contributed by atoms with Gasteiger partial charge in [0, 0.05) is 44.3 Å². The van der Waals surface area contributed by atoms with Gasteiger partial charge < -0.3 is 14.2 Å². The van der Waals surface area contributed by atoms with Crippen molar-refractivity contribution in [2.75, 3.05) is 37.0 Å². The maximum absolute atomic E-state index is 13.2. The smallest absolute Gasteiger partial charge is 0.276 e. The van der Waals surface area contributed by atoms with Crippen LogP contribution in [0.25, 0.3) is 11.0 Å². The number of hydrogen-bond acceptors (Lipinski definition) is 6. The van der Waals surface area contributed by atoms with E-state index in [1.165, 1.54) is 6.42 Å². The second kappa shape index (κ2) is 8.30. The van der Waals surface area contributed by atoms with Gasteiger partial charge in [-0.05, 0) is 44.9 Å². The molecule has 3 aromatic rings. The quantitative estimate of drug-likeness (QED) is 0.555. The number of amides is 1.